The van der Waals surface area contributed by atoms with Crippen LogP contribution in [0.5, 0.6) is 5.75 Å². The number of furan rings is 1. The van der Waals surface area contributed by atoms with Crippen LogP contribution in [0.2, 0.25) is 0 Å². The topological polar surface area (TPSA) is 60.7 Å². The number of rotatable bonds is 6. The fourth-order valence-corrected chi connectivity index (χ4v) is 2.09. The van der Waals surface area contributed by atoms with Crippen molar-refractivity contribution in [3.05, 3.63) is 53.5 Å². The molecule has 2 rings (SSSR count). The molecule has 0 aliphatic heterocycles. The van der Waals surface area contributed by atoms with E-state index in [1.165, 1.54) is 13.4 Å². The van der Waals surface area contributed by atoms with E-state index in [9.17, 15) is 4.79 Å². The van der Waals surface area contributed by atoms with E-state index in [2.05, 4.69) is 10.1 Å². The van der Waals surface area contributed by atoms with E-state index in [0.29, 0.717) is 17.9 Å². The fourth-order valence-electron chi connectivity index (χ4n) is 2.09. The molecule has 112 valence electrons. The minimum absolute atomic E-state index is 0.0906. The van der Waals surface area contributed by atoms with Crippen molar-refractivity contribution in [2.45, 2.75) is 19.5 Å². The zero-order valence-electron chi connectivity index (χ0n) is 12.4. The van der Waals surface area contributed by atoms with E-state index < -0.39 is 5.97 Å². The van der Waals surface area contributed by atoms with Crippen molar-refractivity contribution in [2.75, 3.05) is 14.2 Å². The van der Waals surface area contributed by atoms with E-state index >= 15 is 0 Å². The Hall–Kier alpha value is -2.27. The third kappa shape index (κ3) is 3.64. The van der Waals surface area contributed by atoms with Gasteiger partial charge in [-0.1, -0.05) is 18.2 Å². The Morgan fingerprint density at radius 1 is 1.33 bits per heavy atom. The molecular weight excluding hydrogens is 270 g/mol. The standard InChI is InChI=1S/C16H19NO4/c1-11(14-6-4-5-7-15(14)19-2)17-9-13-8-12(10-21-13)16(18)20-3/h4-8,10-11,17H,9H2,1-3H3/t11-/m0/s1. The zero-order valence-corrected chi connectivity index (χ0v) is 12.4. The number of nitrogens with one attached hydrogen (secondary N) is 1. The van der Waals surface area contributed by atoms with E-state index in [0.717, 1.165) is 11.3 Å². The minimum atomic E-state index is -0.400. The van der Waals surface area contributed by atoms with Gasteiger partial charge in [0.25, 0.3) is 0 Å². The van der Waals surface area contributed by atoms with Gasteiger partial charge in [-0.2, -0.15) is 0 Å². The molecule has 0 unspecified atom stereocenters. The van der Waals surface area contributed by atoms with Gasteiger partial charge >= 0.3 is 5.97 Å². The van der Waals surface area contributed by atoms with Crippen LogP contribution >= 0.6 is 0 Å². The van der Waals surface area contributed by atoms with Gasteiger partial charge in [0.05, 0.1) is 26.3 Å². The lowest BCUT2D eigenvalue weighted by Crippen LogP contribution is -2.18. The first-order chi connectivity index (χ1) is 10.2. The molecule has 0 aliphatic rings. The number of carbonyl (C=O) groups is 1. The lowest BCUT2D eigenvalue weighted by atomic mass is 10.1. The summed E-state index contributed by atoms with van der Waals surface area (Å²) in [6, 6.07) is 9.61. The summed E-state index contributed by atoms with van der Waals surface area (Å²) in [7, 11) is 3.00. The summed E-state index contributed by atoms with van der Waals surface area (Å²) >= 11 is 0. The first-order valence-electron chi connectivity index (χ1n) is 6.67. The third-order valence-electron chi connectivity index (χ3n) is 3.26. The van der Waals surface area contributed by atoms with Crippen molar-refractivity contribution < 1.29 is 18.7 Å². The Bertz CT molecular complexity index is 606. The molecule has 0 bridgehead atoms. The van der Waals surface area contributed by atoms with Crippen molar-refractivity contribution in [2.24, 2.45) is 0 Å². The Kier molecular flexibility index (Phi) is 5.00. The molecule has 5 heteroatoms. The highest BCUT2D eigenvalue weighted by atomic mass is 16.5. The van der Waals surface area contributed by atoms with Gasteiger partial charge < -0.3 is 19.2 Å². The fraction of sp³-hybridized carbons (Fsp3) is 0.312. The van der Waals surface area contributed by atoms with Crippen molar-refractivity contribution in [1.82, 2.24) is 5.32 Å². The van der Waals surface area contributed by atoms with Gasteiger partial charge in [0.1, 0.15) is 17.8 Å². The molecule has 1 aromatic carbocycles. The van der Waals surface area contributed by atoms with Crippen LogP contribution in [0.3, 0.4) is 0 Å². The lowest BCUT2D eigenvalue weighted by Gasteiger charge is -2.16. The second-order valence-electron chi connectivity index (χ2n) is 4.64. The maximum atomic E-state index is 11.4. The monoisotopic (exact) mass is 289 g/mol. The molecule has 0 aliphatic carbocycles. The van der Waals surface area contributed by atoms with Crippen molar-refractivity contribution in [1.29, 1.82) is 0 Å². The predicted molar refractivity (Wildman–Crippen MR) is 78.3 cm³/mol. The van der Waals surface area contributed by atoms with E-state index in [-0.39, 0.29) is 6.04 Å². The molecule has 1 N–H and O–H groups in total. The first kappa shape index (κ1) is 15.1. The van der Waals surface area contributed by atoms with Crippen LogP contribution in [0.15, 0.2) is 41.0 Å². The number of para-hydroxylation sites is 1. The molecule has 0 spiro atoms. The van der Waals surface area contributed by atoms with Crippen LogP contribution in [-0.4, -0.2) is 20.2 Å². The van der Waals surface area contributed by atoms with Crippen molar-refractivity contribution in [3.63, 3.8) is 0 Å². The molecule has 0 amide bonds. The molecule has 2 aromatic rings. The average Bonchev–Trinajstić information content (AvgIpc) is 3.00. The van der Waals surface area contributed by atoms with Crippen molar-refractivity contribution in [3.8, 4) is 5.75 Å². The molecule has 0 saturated carbocycles. The Balaban J connectivity index is 1.99. The van der Waals surface area contributed by atoms with Crippen LogP contribution in [0.25, 0.3) is 0 Å². The second-order valence-corrected chi connectivity index (χ2v) is 4.64. The largest absolute Gasteiger partial charge is 0.496 e. The van der Waals surface area contributed by atoms with Gasteiger partial charge in [-0.25, -0.2) is 4.79 Å². The van der Waals surface area contributed by atoms with Crippen LogP contribution < -0.4 is 10.1 Å². The summed E-state index contributed by atoms with van der Waals surface area (Å²) in [5.41, 5.74) is 1.49. The summed E-state index contributed by atoms with van der Waals surface area (Å²) < 4.78 is 15.3. The average molecular weight is 289 g/mol. The van der Waals surface area contributed by atoms with Crippen LogP contribution in [-0.2, 0) is 11.3 Å². The number of ether oxygens (including phenoxy) is 2. The summed E-state index contributed by atoms with van der Waals surface area (Å²) in [6.07, 6.45) is 1.40. The SMILES string of the molecule is COC(=O)c1coc(CN[C@@H](C)c2ccccc2OC)c1. The summed E-state index contributed by atoms with van der Waals surface area (Å²) in [4.78, 5) is 11.4. The van der Waals surface area contributed by atoms with E-state index in [1.807, 2.05) is 31.2 Å². The molecule has 0 radical (unpaired) electrons. The molecule has 5 nitrogen and oxygen atoms in total. The maximum Gasteiger partial charge on any atom is 0.341 e. The third-order valence-corrected chi connectivity index (χ3v) is 3.26. The van der Waals surface area contributed by atoms with Crippen LogP contribution in [0, 0.1) is 0 Å². The molecular formula is C16H19NO4. The molecule has 1 heterocycles. The number of hydrogen-bond donors (Lipinski definition) is 1. The highest BCUT2D eigenvalue weighted by Gasteiger charge is 2.13. The van der Waals surface area contributed by atoms with Gasteiger partial charge in [-0.05, 0) is 19.1 Å². The van der Waals surface area contributed by atoms with Gasteiger partial charge in [0.2, 0.25) is 0 Å². The Morgan fingerprint density at radius 3 is 2.81 bits per heavy atom. The summed E-state index contributed by atoms with van der Waals surface area (Å²) in [5.74, 6) is 1.12. The van der Waals surface area contributed by atoms with Gasteiger partial charge in [0.15, 0.2) is 0 Å². The Labute approximate surface area is 123 Å². The number of hydrogen-bond acceptors (Lipinski definition) is 5. The van der Waals surface area contributed by atoms with Gasteiger partial charge in [-0.3, -0.25) is 0 Å². The quantitative estimate of drug-likeness (QED) is 0.828. The second kappa shape index (κ2) is 6.95. The molecule has 1 aromatic heterocycles. The molecule has 21 heavy (non-hydrogen) atoms. The predicted octanol–water partition coefficient (Wildman–Crippen LogP) is 2.93. The zero-order chi connectivity index (χ0) is 15.2. The first-order valence-corrected chi connectivity index (χ1v) is 6.67. The highest BCUT2D eigenvalue weighted by molar-refractivity contribution is 5.88. The molecule has 1 atom stereocenters. The number of esters is 1. The number of methoxy groups -OCH3 is 2. The van der Waals surface area contributed by atoms with Gasteiger partial charge in [0, 0.05) is 11.6 Å². The number of benzene rings is 1. The van der Waals surface area contributed by atoms with Crippen LogP contribution in [0.1, 0.15) is 34.6 Å². The van der Waals surface area contributed by atoms with E-state index in [1.54, 1.807) is 13.2 Å². The summed E-state index contributed by atoms with van der Waals surface area (Å²) in [5, 5.41) is 3.33. The van der Waals surface area contributed by atoms with E-state index in [4.69, 9.17) is 9.15 Å². The highest BCUT2D eigenvalue weighted by Crippen LogP contribution is 2.24. The smallest absolute Gasteiger partial charge is 0.341 e. The summed E-state index contributed by atoms with van der Waals surface area (Å²) in [6.45, 7) is 2.55. The van der Waals surface area contributed by atoms with Crippen LogP contribution in [0.4, 0.5) is 0 Å². The number of carbonyl (C=O) groups excluding carboxylic acids is 1. The van der Waals surface area contributed by atoms with Crippen molar-refractivity contribution >= 4 is 5.97 Å². The van der Waals surface area contributed by atoms with Gasteiger partial charge in [-0.15, -0.1) is 0 Å². The Morgan fingerprint density at radius 2 is 2.10 bits per heavy atom. The normalized spacial score (nSPS) is 12.0. The maximum absolute atomic E-state index is 11.4. The molecule has 0 saturated heterocycles. The minimum Gasteiger partial charge on any atom is -0.496 e. The molecule has 0 fully saturated rings. The lowest BCUT2D eigenvalue weighted by molar-refractivity contribution is 0.0600.